The molecule has 35 heavy (non-hydrogen) atoms. The van der Waals surface area contributed by atoms with E-state index in [1.165, 1.54) is 29.5 Å². The first-order valence-electron chi connectivity index (χ1n) is 10.3. The van der Waals surface area contributed by atoms with Crippen LogP contribution in [0.1, 0.15) is 36.5 Å². The van der Waals surface area contributed by atoms with E-state index in [2.05, 4.69) is 31.1 Å². The highest BCUT2D eigenvalue weighted by Gasteiger charge is 2.27. The molecule has 0 bridgehead atoms. The lowest BCUT2D eigenvalue weighted by atomic mass is 10.1. The zero-order valence-electron chi connectivity index (χ0n) is 18.1. The maximum atomic E-state index is 14.3. The lowest BCUT2D eigenvalue weighted by Crippen LogP contribution is -2.09. The number of nitrogens with two attached hydrogens (primary N) is 1. The average Bonchev–Trinajstić information content (AvgIpc) is 3.48. The van der Waals surface area contributed by atoms with Crippen LogP contribution in [0.5, 0.6) is 0 Å². The van der Waals surface area contributed by atoms with Crippen molar-refractivity contribution in [1.29, 1.82) is 5.26 Å². The molecule has 0 aliphatic carbocycles. The molecule has 0 amide bonds. The van der Waals surface area contributed by atoms with E-state index in [-0.39, 0.29) is 17.2 Å². The van der Waals surface area contributed by atoms with Crippen LogP contribution in [0.15, 0.2) is 55.4 Å². The Morgan fingerprint density at radius 1 is 1.06 bits per heavy atom. The topological polar surface area (TPSA) is 124 Å². The first kappa shape index (κ1) is 22.0. The predicted molar refractivity (Wildman–Crippen MR) is 120 cm³/mol. The molecule has 0 radical (unpaired) electrons. The van der Waals surface area contributed by atoms with Gasteiger partial charge in [-0.1, -0.05) is 12.1 Å². The number of hydrogen-bond donors (Lipinski definition) is 1. The first-order valence-corrected chi connectivity index (χ1v) is 10.3. The molecule has 5 aromatic rings. The Balaban J connectivity index is 1.69. The summed E-state index contributed by atoms with van der Waals surface area (Å²) in [6.07, 6.45) is 4.07. The van der Waals surface area contributed by atoms with E-state index in [1.807, 2.05) is 6.92 Å². The summed E-state index contributed by atoms with van der Waals surface area (Å²) in [5.74, 6) is -0.962. The largest absolute Gasteiger partial charge is 0.383 e. The van der Waals surface area contributed by atoms with Crippen molar-refractivity contribution >= 4 is 16.9 Å². The van der Waals surface area contributed by atoms with Crippen LogP contribution < -0.4 is 5.73 Å². The van der Waals surface area contributed by atoms with Gasteiger partial charge in [0.05, 0.1) is 17.6 Å². The molecule has 4 heterocycles. The van der Waals surface area contributed by atoms with Crippen molar-refractivity contribution in [2.75, 3.05) is 5.73 Å². The molecule has 2 N–H and O–H groups in total. The van der Waals surface area contributed by atoms with Crippen molar-refractivity contribution in [3.05, 3.63) is 78.3 Å². The number of fused-ring (bicyclic) bond motifs is 1. The lowest BCUT2D eigenvalue weighted by molar-refractivity contribution is 0.140. The third-order valence-corrected chi connectivity index (χ3v) is 5.65. The fraction of sp³-hybridized carbons (Fsp3) is 0.130. The van der Waals surface area contributed by atoms with Crippen LogP contribution in [-0.2, 0) is 0 Å². The molecule has 0 saturated carbocycles. The minimum atomic E-state index is -2.83. The van der Waals surface area contributed by atoms with Crippen LogP contribution in [0.2, 0.25) is 0 Å². The third-order valence-electron chi connectivity index (χ3n) is 5.65. The second kappa shape index (κ2) is 8.53. The molecule has 4 aromatic heterocycles. The monoisotopic (exact) mass is 475 g/mol. The normalized spacial score (nSPS) is 12.2. The van der Waals surface area contributed by atoms with Gasteiger partial charge >= 0.3 is 0 Å². The fourth-order valence-electron chi connectivity index (χ4n) is 3.98. The van der Waals surface area contributed by atoms with Gasteiger partial charge in [-0.3, -0.25) is 0 Å². The zero-order chi connectivity index (χ0) is 24.7. The highest BCUT2D eigenvalue weighted by molar-refractivity contribution is 6.03. The number of nitrogen functional groups attached to an aromatic ring is 1. The number of nitriles is 1. The van der Waals surface area contributed by atoms with E-state index >= 15 is 0 Å². The molecule has 5 rings (SSSR count). The first-order chi connectivity index (χ1) is 16.9. The summed E-state index contributed by atoms with van der Waals surface area (Å²) in [4.78, 5) is 15.8. The van der Waals surface area contributed by atoms with Crippen LogP contribution in [0.25, 0.3) is 27.8 Å². The van der Waals surface area contributed by atoms with Gasteiger partial charge in [0.15, 0.2) is 5.82 Å². The maximum absolute atomic E-state index is 14.3. The molecular formula is C23H16F3N9. The van der Waals surface area contributed by atoms with Gasteiger partial charge < -0.3 is 10.3 Å². The van der Waals surface area contributed by atoms with E-state index in [4.69, 9.17) is 5.73 Å². The highest BCUT2D eigenvalue weighted by Crippen LogP contribution is 2.39. The molecular weight excluding hydrogens is 459 g/mol. The van der Waals surface area contributed by atoms with Gasteiger partial charge in [-0.05, 0) is 19.1 Å². The smallest absolute Gasteiger partial charge is 0.297 e. The van der Waals surface area contributed by atoms with E-state index in [0.717, 1.165) is 0 Å². The summed E-state index contributed by atoms with van der Waals surface area (Å²) in [5, 5.41) is 14.8. The number of nitrogens with zero attached hydrogens (tertiary/aromatic N) is 8. The Hall–Kier alpha value is -4.79. The Morgan fingerprint density at radius 2 is 1.80 bits per heavy atom. The SMILES string of the molecule is C[C@H](c1cnn(-c2ccccc2F)c1)n1c(C#N)c(-c2cnc(C(F)F)nc2)c2c(N)ncnc21. The highest BCUT2D eigenvalue weighted by atomic mass is 19.3. The third kappa shape index (κ3) is 3.63. The lowest BCUT2D eigenvalue weighted by Gasteiger charge is -2.14. The Bertz CT molecular complexity index is 1580. The summed E-state index contributed by atoms with van der Waals surface area (Å²) in [6.45, 7) is 1.82. The van der Waals surface area contributed by atoms with Crippen molar-refractivity contribution in [2.24, 2.45) is 0 Å². The Kier molecular flexibility index (Phi) is 5.37. The average molecular weight is 475 g/mol. The van der Waals surface area contributed by atoms with E-state index < -0.39 is 24.1 Å². The summed E-state index contributed by atoms with van der Waals surface area (Å²) >= 11 is 0. The summed E-state index contributed by atoms with van der Waals surface area (Å²) in [6, 6.07) is 7.89. The molecule has 12 heteroatoms. The van der Waals surface area contributed by atoms with Crippen LogP contribution in [0, 0.1) is 17.1 Å². The van der Waals surface area contributed by atoms with Crippen molar-refractivity contribution in [3.63, 3.8) is 0 Å². The van der Waals surface area contributed by atoms with Crippen LogP contribution in [0.4, 0.5) is 19.0 Å². The van der Waals surface area contributed by atoms with Gasteiger partial charge in [0.25, 0.3) is 6.43 Å². The molecule has 0 spiro atoms. The number of benzene rings is 1. The second-order valence-electron chi connectivity index (χ2n) is 7.64. The maximum Gasteiger partial charge on any atom is 0.297 e. The van der Waals surface area contributed by atoms with Gasteiger partial charge in [-0.2, -0.15) is 10.4 Å². The van der Waals surface area contributed by atoms with E-state index in [0.29, 0.717) is 27.7 Å². The molecule has 9 nitrogen and oxygen atoms in total. The van der Waals surface area contributed by atoms with Crippen LogP contribution in [0.3, 0.4) is 0 Å². The molecule has 0 unspecified atom stereocenters. The number of alkyl halides is 2. The predicted octanol–water partition coefficient (Wildman–Crippen LogP) is 4.21. The van der Waals surface area contributed by atoms with Crippen molar-refractivity contribution in [3.8, 4) is 22.9 Å². The Labute approximate surface area is 196 Å². The molecule has 1 aromatic carbocycles. The molecule has 0 saturated heterocycles. The minimum Gasteiger partial charge on any atom is -0.383 e. The van der Waals surface area contributed by atoms with E-state index in [1.54, 1.807) is 35.2 Å². The second-order valence-corrected chi connectivity index (χ2v) is 7.64. The molecule has 1 atom stereocenters. The summed E-state index contributed by atoms with van der Waals surface area (Å²) in [7, 11) is 0. The fourth-order valence-corrected chi connectivity index (χ4v) is 3.98. The van der Waals surface area contributed by atoms with E-state index in [9.17, 15) is 18.4 Å². The Morgan fingerprint density at radius 3 is 2.49 bits per heavy atom. The van der Waals surface area contributed by atoms with Crippen LogP contribution >= 0.6 is 0 Å². The van der Waals surface area contributed by atoms with Gasteiger partial charge in [0, 0.05) is 35.3 Å². The van der Waals surface area contributed by atoms with Gasteiger partial charge in [-0.15, -0.1) is 0 Å². The van der Waals surface area contributed by atoms with Crippen molar-refractivity contribution in [2.45, 2.75) is 19.4 Å². The minimum absolute atomic E-state index is 0.104. The molecule has 0 aliphatic rings. The zero-order valence-corrected chi connectivity index (χ0v) is 18.1. The molecule has 0 fully saturated rings. The quantitative estimate of drug-likeness (QED) is 0.404. The number of hydrogen-bond acceptors (Lipinski definition) is 7. The summed E-state index contributed by atoms with van der Waals surface area (Å²) < 4.78 is 43.2. The van der Waals surface area contributed by atoms with Crippen molar-refractivity contribution in [1.82, 2.24) is 34.3 Å². The van der Waals surface area contributed by atoms with Gasteiger partial charge in [0.2, 0.25) is 0 Å². The number of anilines is 1. The van der Waals surface area contributed by atoms with Gasteiger partial charge in [0.1, 0.15) is 41.1 Å². The standard InChI is InChI=1S/C23H16F3N9/c1-12(14-9-33-34(10-14)16-5-3-2-4-15(16)24)35-17(6-27)18(19-21(28)31-11-32-23(19)35)13-7-29-22(20(25)26)30-8-13/h2-5,7-12,20H,1H3,(H2,28,31,32)/t12-/m1/s1. The number of para-hydroxylation sites is 1. The number of aromatic nitrogens is 7. The summed E-state index contributed by atoms with van der Waals surface area (Å²) in [5.41, 5.74) is 8.24. The van der Waals surface area contributed by atoms with Gasteiger partial charge in [-0.25, -0.2) is 37.8 Å². The number of rotatable bonds is 5. The number of halogens is 3. The molecule has 0 aliphatic heterocycles. The van der Waals surface area contributed by atoms with Crippen molar-refractivity contribution < 1.29 is 13.2 Å². The molecule has 174 valence electrons. The van der Waals surface area contributed by atoms with Crippen LogP contribution in [-0.4, -0.2) is 34.3 Å².